The number of aromatic nitrogens is 4. The number of carbonyl (C=O) groups is 1. The molecule has 0 spiro atoms. The second kappa shape index (κ2) is 8.46. The summed E-state index contributed by atoms with van der Waals surface area (Å²) in [5.74, 6) is -1.11. The fourth-order valence-corrected chi connectivity index (χ4v) is 3.31. The molecule has 8 nitrogen and oxygen atoms in total. The van der Waals surface area contributed by atoms with Crippen LogP contribution in [0.5, 0.6) is 0 Å². The number of halogens is 3. The van der Waals surface area contributed by atoms with Crippen LogP contribution in [-0.4, -0.2) is 44.7 Å². The third-order valence-corrected chi connectivity index (χ3v) is 5.18. The van der Waals surface area contributed by atoms with E-state index in [1.54, 1.807) is 23.0 Å². The van der Waals surface area contributed by atoms with Crippen LogP contribution in [0.25, 0.3) is 5.69 Å². The van der Waals surface area contributed by atoms with Gasteiger partial charge in [0.25, 0.3) is 0 Å². The number of ether oxygens (including phenoxy) is 1. The summed E-state index contributed by atoms with van der Waals surface area (Å²) in [6.07, 6.45) is 2.16. The van der Waals surface area contributed by atoms with E-state index in [2.05, 4.69) is 20.4 Å². The molecule has 0 radical (unpaired) electrons. The Morgan fingerprint density at radius 3 is 2.71 bits per heavy atom. The van der Waals surface area contributed by atoms with E-state index in [4.69, 9.17) is 16.3 Å². The van der Waals surface area contributed by atoms with Crippen molar-refractivity contribution in [3.8, 4) is 5.69 Å². The van der Waals surface area contributed by atoms with Gasteiger partial charge in [0.05, 0.1) is 24.1 Å². The Hall–Kier alpha value is -3.27. The standard InChI is InChI=1S/C20H19ClF2N6O2/c1-11(22)17-10-31-20(30)29(17)18-16(23)8-24-19(27-18)26-12(2)13-7-25-28(9-13)15-5-3-14(21)4-6-15/h3-9,11-12,17H,10H2,1-2H3,(H,24,26,27)/t11-,12-,17?/m0/s1. The zero-order chi connectivity index (χ0) is 22.1. The number of cyclic esters (lactones) is 1. The lowest BCUT2D eigenvalue weighted by Gasteiger charge is -2.22. The summed E-state index contributed by atoms with van der Waals surface area (Å²) in [5, 5.41) is 8.01. The topological polar surface area (TPSA) is 85.2 Å². The van der Waals surface area contributed by atoms with Crippen LogP contribution >= 0.6 is 11.6 Å². The fraction of sp³-hybridized carbons (Fsp3) is 0.300. The Morgan fingerprint density at radius 1 is 1.26 bits per heavy atom. The predicted octanol–water partition coefficient (Wildman–Crippen LogP) is 4.31. The monoisotopic (exact) mass is 448 g/mol. The molecule has 0 bridgehead atoms. The maximum Gasteiger partial charge on any atom is 0.416 e. The van der Waals surface area contributed by atoms with Crippen LogP contribution in [0.3, 0.4) is 0 Å². The van der Waals surface area contributed by atoms with Crippen molar-refractivity contribution in [3.63, 3.8) is 0 Å². The first kappa shape index (κ1) is 21.0. The molecule has 1 aliphatic heterocycles. The molecule has 0 saturated carbocycles. The SMILES string of the molecule is C[C@H](Nc1ncc(F)c(N2C(=O)OCC2[C@H](C)F)n1)c1cnn(-c2ccc(Cl)cc2)c1. The molecule has 2 aromatic heterocycles. The van der Waals surface area contributed by atoms with E-state index in [0.717, 1.165) is 22.3 Å². The minimum absolute atomic E-state index is 0.0769. The maximum atomic E-state index is 14.4. The van der Waals surface area contributed by atoms with Crippen molar-refractivity contribution in [1.29, 1.82) is 0 Å². The van der Waals surface area contributed by atoms with Crippen LogP contribution in [0.15, 0.2) is 42.9 Å². The highest BCUT2D eigenvalue weighted by molar-refractivity contribution is 6.30. The van der Waals surface area contributed by atoms with Gasteiger partial charge in [0.15, 0.2) is 11.6 Å². The number of hydrogen-bond acceptors (Lipinski definition) is 6. The quantitative estimate of drug-likeness (QED) is 0.604. The van der Waals surface area contributed by atoms with Gasteiger partial charge in [-0.15, -0.1) is 0 Å². The Bertz CT molecular complexity index is 1090. The highest BCUT2D eigenvalue weighted by Crippen LogP contribution is 2.28. The summed E-state index contributed by atoms with van der Waals surface area (Å²) in [5.41, 5.74) is 1.65. The lowest BCUT2D eigenvalue weighted by Crippen LogP contribution is -2.40. The van der Waals surface area contributed by atoms with Crippen molar-refractivity contribution >= 4 is 29.5 Å². The van der Waals surface area contributed by atoms with Crippen molar-refractivity contribution < 1.29 is 18.3 Å². The van der Waals surface area contributed by atoms with Crippen LogP contribution in [0.1, 0.15) is 25.5 Å². The normalized spacial score (nSPS) is 18.0. The number of nitrogens with one attached hydrogen (secondary N) is 1. The smallest absolute Gasteiger partial charge is 0.416 e. The van der Waals surface area contributed by atoms with Gasteiger partial charge >= 0.3 is 6.09 Å². The molecular weight excluding hydrogens is 430 g/mol. The number of rotatable bonds is 6. The van der Waals surface area contributed by atoms with Crippen LogP contribution in [0.2, 0.25) is 5.02 Å². The van der Waals surface area contributed by atoms with Crippen LogP contribution in [0, 0.1) is 5.82 Å². The molecular formula is C20H19ClF2N6O2. The molecule has 1 fully saturated rings. The van der Waals surface area contributed by atoms with Crippen molar-refractivity contribution in [2.75, 3.05) is 16.8 Å². The Kier molecular flexibility index (Phi) is 5.73. The summed E-state index contributed by atoms with van der Waals surface area (Å²) >= 11 is 5.92. The lowest BCUT2D eigenvalue weighted by molar-refractivity contribution is 0.174. The van der Waals surface area contributed by atoms with E-state index in [1.165, 1.54) is 6.92 Å². The Labute approximate surface area is 181 Å². The first-order valence-electron chi connectivity index (χ1n) is 9.53. The molecule has 3 atom stereocenters. The highest BCUT2D eigenvalue weighted by atomic mass is 35.5. The van der Waals surface area contributed by atoms with Gasteiger partial charge in [-0.25, -0.2) is 28.1 Å². The third kappa shape index (κ3) is 4.29. The molecule has 1 aliphatic rings. The number of alkyl halides is 1. The average Bonchev–Trinajstić information content (AvgIpc) is 3.37. The van der Waals surface area contributed by atoms with E-state index in [-0.39, 0.29) is 24.4 Å². The van der Waals surface area contributed by atoms with E-state index in [0.29, 0.717) is 5.02 Å². The van der Waals surface area contributed by atoms with Gasteiger partial charge in [-0.3, -0.25) is 0 Å². The number of hydrogen-bond donors (Lipinski definition) is 1. The van der Waals surface area contributed by atoms with E-state index < -0.39 is 24.1 Å². The number of nitrogens with zero attached hydrogens (tertiary/aromatic N) is 5. The molecule has 3 aromatic rings. The zero-order valence-electron chi connectivity index (χ0n) is 16.7. The van der Waals surface area contributed by atoms with Crippen molar-refractivity contribution in [3.05, 3.63) is 59.3 Å². The van der Waals surface area contributed by atoms with Gasteiger partial charge in [0.2, 0.25) is 5.95 Å². The first-order chi connectivity index (χ1) is 14.8. The molecule has 1 amide bonds. The molecule has 0 aliphatic carbocycles. The number of carbonyl (C=O) groups excluding carboxylic acids is 1. The van der Waals surface area contributed by atoms with Crippen LogP contribution in [0.4, 0.5) is 25.3 Å². The molecule has 162 valence electrons. The number of anilines is 2. The largest absolute Gasteiger partial charge is 0.447 e. The lowest BCUT2D eigenvalue weighted by atomic mass is 10.2. The third-order valence-electron chi connectivity index (χ3n) is 4.93. The summed E-state index contributed by atoms with van der Waals surface area (Å²) in [4.78, 5) is 20.9. The second-order valence-electron chi connectivity index (χ2n) is 7.12. The molecule has 1 saturated heterocycles. The average molecular weight is 449 g/mol. The van der Waals surface area contributed by atoms with Gasteiger partial charge in [-0.1, -0.05) is 11.6 Å². The first-order valence-corrected chi connectivity index (χ1v) is 9.91. The van der Waals surface area contributed by atoms with Gasteiger partial charge in [-0.2, -0.15) is 10.1 Å². The van der Waals surface area contributed by atoms with Crippen molar-refractivity contribution in [2.24, 2.45) is 0 Å². The molecule has 1 N–H and O–H groups in total. The number of amides is 1. The highest BCUT2D eigenvalue weighted by Gasteiger charge is 2.40. The Morgan fingerprint density at radius 2 is 2.00 bits per heavy atom. The summed E-state index contributed by atoms with van der Waals surface area (Å²) < 4.78 is 34.8. The minimum atomic E-state index is -1.42. The van der Waals surface area contributed by atoms with Gasteiger partial charge in [0, 0.05) is 16.8 Å². The van der Waals surface area contributed by atoms with Gasteiger partial charge in [0.1, 0.15) is 18.8 Å². The second-order valence-corrected chi connectivity index (χ2v) is 7.55. The molecule has 31 heavy (non-hydrogen) atoms. The molecule has 11 heteroatoms. The van der Waals surface area contributed by atoms with Crippen molar-refractivity contribution in [2.45, 2.75) is 32.1 Å². The van der Waals surface area contributed by atoms with Crippen LogP contribution < -0.4 is 10.2 Å². The maximum absolute atomic E-state index is 14.4. The van der Waals surface area contributed by atoms with E-state index in [1.807, 2.05) is 25.3 Å². The summed E-state index contributed by atoms with van der Waals surface area (Å²) in [6.45, 7) is 2.95. The minimum Gasteiger partial charge on any atom is -0.447 e. The number of benzene rings is 1. The summed E-state index contributed by atoms with van der Waals surface area (Å²) in [7, 11) is 0. The van der Waals surface area contributed by atoms with Gasteiger partial charge < -0.3 is 10.1 Å². The van der Waals surface area contributed by atoms with Gasteiger partial charge in [-0.05, 0) is 38.1 Å². The van der Waals surface area contributed by atoms with Crippen LogP contribution in [-0.2, 0) is 4.74 Å². The molecule has 3 heterocycles. The molecule has 4 rings (SSSR count). The predicted molar refractivity (Wildman–Crippen MR) is 111 cm³/mol. The fourth-order valence-electron chi connectivity index (χ4n) is 3.19. The molecule has 1 aromatic carbocycles. The van der Waals surface area contributed by atoms with Crippen molar-refractivity contribution in [1.82, 2.24) is 19.7 Å². The zero-order valence-corrected chi connectivity index (χ0v) is 17.4. The Balaban J connectivity index is 1.54. The summed E-state index contributed by atoms with van der Waals surface area (Å²) in [6, 6.07) is 5.96. The van der Waals surface area contributed by atoms with E-state index in [9.17, 15) is 13.6 Å². The van der Waals surface area contributed by atoms with E-state index >= 15 is 0 Å². The molecule has 1 unspecified atom stereocenters.